The number of rotatable bonds is 6. The van der Waals surface area contributed by atoms with Crippen LogP contribution >= 0.6 is 0 Å². The van der Waals surface area contributed by atoms with Crippen molar-refractivity contribution in [2.75, 3.05) is 36.9 Å². The van der Waals surface area contributed by atoms with E-state index in [1.54, 1.807) is 12.1 Å². The van der Waals surface area contributed by atoms with Gasteiger partial charge in [0.1, 0.15) is 12.2 Å². The Morgan fingerprint density at radius 2 is 1.42 bits per heavy atom. The molecule has 0 spiro atoms. The van der Waals surface area contributed by atoms with Crippen molar-refractivity contribution in [2.24, 2.45) is 0 Å². The summed E-state index contributed by atoms with van der Waals surface area (Å²) in [6, 6.07) is 4.55. The first kappa shape index (κ1) is 23.3. The van der Waals surface area contributed by atoms with E-state index in [0.29, 0.717) is 37.7 Å². The van der Waals surface area contributed by atoms with E-state index in [1.807, 2.05) is 40.7 Å². The molecule has 0 unspecified atom stereocenters. The predicted molar refractivity (Wildman–Crippen MR) is 115 cm³/mol. The van der Waals surface area contributed by atoms with Crippen molar-refractivity contribution >= 4 is 23.4 Å². The van der Waals surface area contributed by atoms with Crippen LogP contribution in [0.2, 0.25) is 0 Å². The fourth-order valence-corrected chi connectivity index (χ4v) is 3.32. The normalized spacial score (nSPS) is 23.9. The number of hydrogen-bond donors (Lipinski definition) is 4. The number of ether oxygens (including phenoxy) is 4. The van der Waals surface area contributed by atoms with Gasteiger partial charge >= 0.3 is 12.1 Å². The fourth-order valence-electron chi connectivity index (χ4n) is 3.32. The van der Waals surface area contributed by atoms with E-state index in [9.17, 15) is 9.59 Å². The molecule has 1 aromatic rings. The Bertz CT molecular complexity index is 813. The van der Waals surface area contributed by atoms with Crippen molar-refractivity contribution in [1.82, 2.24) is 10.6 Å². The summed E-state index contributed by atoms with van der Waals surface area (Å²) >= 11 is 0. The van der Waals surface area contributed by atoms with Gasteiger partial charge in [-0.15, -0.1) is 0 Å². The minimum absolute atomic E-state index is 0.195. The Labute approximate surface area is 182 Å². The summed E-state index contributed by atoms with van der Waals surface area (Å²) < 4.78 is 22.3. The van der Waals surface area contributed by atoms with Gasteiger partial charge in [-0.05, 0) is 52.3 Å². The van der Waals surface area contributed by atoms with Crippen LogP contribution in [0.25, 0.3) is 0 Å². The molecule has 4 N–H and O–H groups in total. The molecule has 2 aliphatic rings. The maximum Gasteiger partial charge on any atom is 0.319 e. The number of amides is 4. The van der Waals surface area contributed by atoms with Crippen molar-refractivity contribution < 1.29 is 28.5 Å². The molecule has 3 rings (SSSR count). The predicted octanol–water partition coefficient (Wildman–Crippen LogP) is 2.54. The summed E-state index contributed by atoms with van der Waals surface area (Å²) in [5.74, 6) is -1.26. The minimum atomic E-state index is -0.632. The van der Waals surface area contributed by atoms with Crippen LogP contribution in [0.5, 0.6) is 0 Å². The number of benzene rings is 1. The molecule has 31 heavy (non-hydrogen) atoms. The second kappa shape index (κ2) is 9.39. The number of anilines is 2. The zero-order valence-corrected chi connectivity index (χ0v) is 18.7. The molecule has 0 saturated carbocycles. The lowest BCUT2D eigenvalue weighted by Gasteiger charge is -2.18. The lowest BCUT2D eigenvalue weighted by molar-refractivity contribution is -0.138. The fraction of sp³-hybridized carbons (Fsp3) is 0.619. The summed E-state index contributed by atoms with van der Waals surface area (Å²) in [6.45, 7) is 10.7. The van der Waals surface area contributed by atoms with Gasteiger partial charge in [0.05, 0.1) is 13.2 Å². The number of nitrogens with one attached hydrogen (secondary N) is 4. The van der Waals surface area contributed by atoms with E-state index in [4.69, 9.17) is 18.9 Å². The Kier molecular flexibility index (Phi) is 7.05. The molecule has 1 aromatic carbocycles. The first-order chi connectivity index (χ1) is 14.5. The lowest BCUT2D eigenvalue weighted by atomic mass is 10.2. The van der Waals surface area contributed by atoms with Gasteiger partial charge in [-0.2, -0.15) is 0 Å². The molecule has 2 heterocycles. The summed E-state index contributed by atoms with van der Waals surface area (Å²) in [6.07, 6.45) is -0.391. The molecule has 10 nitrogen and oxygen atoms in total. The quantitative estimate of drug-likeness (QED) is 0.544. The second-order valence-electron chi connectivity index (χ2n) is 8.60. The van der Waals surface area contributed by atoms with Crippen LogP contribution in [-0.2, 0) is 18.9 Å². The van der Waals surface area contributed by atoms with E-state index >= 15 is 0 Å². The molecule has 2 saturated heterocycles. The highest BCUT2D eigenvalue weighted by Gasteiger charge is 2.33. The highest BCUT2D eigenvalue weighted by molar-refractivity contribution is 5.93. The largest absolute Gasteiger partial charge is 0.348 e. The average Bonchev–Trinajstić information content (AvgIpc) is 3.21. The van der Waals surface area contributed by atoms with Gasteiger partial charge in [-0.3, -0.25) is 0 Å². The third-order valence-corrected chi connectivity index (χ3v) is 4.86. The lowest BCUT2D eigenvalue weighted by Crippen LogP contribution is -2.37. The van der Waals surface area contributed by atoms with Gasteiger partial charge < -0.3 is 40.2 Å². The summed E-state index contributed by atoms with van der Waals surface area (Å²) in [5.41, 5.74) is 2.01. The molecule has 0 radical (unpaired) electrons. The molecule has 4 amide bonds. The van der Waals surface area contributed by atoms with E-state index in [-0.39, 0.29) is 24.3 Å². The first-order valence-corrected chi connectivity index (χ1v) is 10.4. The van der Waals surface area contributed by atoms with Crippen LogP contribution in [0.1, 0.15) is 33.3 Å². The van der Waals surface area contributed by atoms with Crippen molar-refractivity contribution in [3.05, 3.63) is 23.8 Å². The second-order valence-corrected chi connectivity index (χ2v) is 8.60. The highest BCUT2D eigenvalue weighted by atomic mass is 16.7. The number of urea groups is 2. The third kappa shape index (κ3) is 7.06. The van der Waals surface area contributed by atoms with Gasteiger partial charge in [0.2, 0.25) is 0 Å². The summed E-state index contributed by atoms with van der Waals surface area (Å²) in [4.78, 5) is 24.5. The molecule has 172 valence electrons. The number of aryl methyl sites for hydroxylation is 1. The SMILES string of the molecule is Cc1ccc(NC(=O)NC[C@H]2COC(C)(C)O2)cc1NC(=O)NC[C@@H]1COC(C)(C)O1. The van der Waals surface area contributed by atoms with Gasteiger partial charge in [0, 0.05) is 24.5 Å². The van der Waals surface area contributed by atoms with Crippen LogP contribution in [-0.4, -0.2) is 62.1 Å². The van der Waals surface area contributed by atoms with Gasteiger partial charge in [0.25, 0.3) is 0 Å². The molecular weight excluding hydrogens is 404 g/mol. The molecular formula is C21H32N4O6. The van der Waals surface area contributed by atoms with Crippen molar-refractivity contribution in [2.45, 2.75) is 58.4 Å². The molecule has 2 aliphatic heterocycles. The van der Waals surface area contributed by atoms with Crippen molar-refractivity contribution in [3.8, 4) is 0 Å². The van der Waals surface area contributed by atoms with Crippen LogP contribution in [0, 0.1) is 6.92 Å². The van der Waals surface area contributed by atoms with E-state index in [1.165, 1.54) is 0 Å². The molecule has 0 aliphatic carbocycles. The van der Waals surface area contributed by atoms with Crippen LogP contribution < -0.4 is 21.3 Å². The van der Waals surface area contributed by atoms with Gasteiger partial charge in [-0.25, -0.2) is 9.59 Å². The molecule has 2 fully saturated rings. The van der Waals surface area contributed by atoms with Gasteiger partial charge in [-0.1, -0.05) is 6.07 Å². The highest BCUT2D eigenvalue weighted by Crippen LogP contribution is 2.23. The third-order valence-electron chi connectivity index (χ3n) is 4.86. The van der Waals surface area contributed by atoms with Crippen LogP contribution in [0.3, 0.4) is 0 Å². The maximum absolute atomic E-state index is 12.3. The number of carbonyl (C=O) groups is 2. The standard InChI is InChI=1S/C21H32N4O6/c1-13-6-7-14(24-18(26)22-9-15-11-28-20(2,3)30-15)8-17(13)25-19(27)23-10-16-12-29-21(4,5)31-16/h6-8,15-16H,9-12H2,1-5H3,(H2,22,24,26)(H2,23,25,27)/t15-,16+/m0/s1. The minimum Gasteiger partial charge on any atom is -0.348 e. The monoisotopic (exact) mass is 436 g/mol. The van der Waals surface area contributed by atoms with E-state index in [2.05, 4.69) is 21.3 Å². The Morgan fingerprint density at radius 1 is 0.903 bits per heavy atom. The zero-order chi connectivity index (χ0) is 22.6. The maximum atomic E-state index is 12.3. The first-order valence-electron chi connectivity index (χ1n) is 10.4. The molecule has 0 aromatic heterocycles. The Balaban J connectivity index is 1.45. The Morgan fingerprint density at radius 3 is 1.90 bits per heavy atom. The number of hydrogen-bond acceptors (Lipinski definition) is 6. The Hall–Kier alpha value is -2.40. The van der Waals surface area contributed by atoms with Gasteiger partial charge in [0.15, 0.2) is 11.6 Å². The van der Waals surface area contributed by atoms with Crippen molar-refractivity contribution in [1.29, 1.82) is 0 Å². The zero-order valence-electron chi connectivity index (χ0n) is 18.7. The van der Waals surface area contributed by atoms with E-state index in [0.717, 1.165) is 5.56 Å². The summed E-state index contributed by atoms with van der Waals surface area (Å²) in [7, 11) is 0. The average molecular weight is 437 g/mol. The van der Waals surface area contributed by atoms with E-state index < -0.39 is 11.6 Å². The summed E-state index contributed by atoms with van der Waals surface area (Å²) in [5, 5.41) is 11.1. The smallest absolute Gasteiger partial charge is 0.319 e. The molecule has 10 heteroatoms. The van der Waals surface area contributed by atoms with Crippen LogP contribution in [0.4, 0.5) is 21.0 Å². The molecule has 2 atom stereocenters. The van der Waals surface area contributed by atoms with Crippen LogP contribution in [0.15, 0.2) is 18.2 Å². The number of carbonyl (C=O) groups excluding carboxylic acids is 2. The topological polar surface area (TPSA) is 119 Å². The molecule has 0 bridgehead atoms. The van der Waals surface area contributed by atoms with Crippen molar-refractivity contribution in [3.63, 3.8) is 0 Å².